The zero-order valence-electron chi connectivity index (χ0n) is 33.5. The number of para-hydroxylation sites is 2. The molecule has 0 aliphatic rings. The summed E-state index contributed by atoms with van der Waals surface area (Å²) in [7, 11) is 0. The van der Waals surface area contributed by atoms with Crippen LogP contribution in [-0.4, -0.2) is 19.6 Å². The number of fused-ring (bicyclic) bond motifs is 6. The second-order valence-corrected chi connectivity index (χ2v) is 15.6. The molecule has 8 aromatic carbocycles. The minimum atomic E-state index is 0.673. The quantitative estimate of drug-likeness (QED) is 0.161. The van der Waals surface area contributed by atoms with E-state index in [1.807, 2.05) is 30.3 Å². The molecule has 0 fully saturated rings. The minimum absolute atomic E-state index is 0.673. The number of rotatable bonds is 7. The largest absolute Gasteiger partial charge is 0.455 e. The number of hydrogen-bond acceptors (Lipinski definition) is 4. The highest BCUT2D eigenvalue weighted by atomic mass is 16.3. The van der Waals surface area contributed by atoms with E-state index >= 15 is 0 Å². The minimum Gasteiger partial charge on any atom is -0.455 e. The smallest absolute Gasteiger partial charge is 0.160 e. The van der Waals surface area contributed by atoms with Crippen molar-refractivity contribution in [2.75, 3.05) is 0 Å². The van der Waals surface area contributed by atoms with Crippen LogP contribution in [0.2, 0.25) is 0 Å². The van der Waals surface area contributed by atoms with E-state index in [0.717, 1.165) is 111 Å². The topological polar surface area (TPSA) is 56.2 Å². The number of nitrogens with zero attached hydrogens (tertiary/aromatic N) is 4. The SMILES string of the molecule is c1ccc(-c2nc(-c3ccc(-c4cccc5c4oc4ccccc45)cc3)cc(-c3ccc(-c4c(-c5ccccc5)nn5c(-c6ccccc6)cc6ccccc6c45)cc3)n2)cc1. The molecule has 5 nitrogen and oxygen atoms in total. The van der Waals surface area contributed by atoms with Crippen molar-refractivity contribution in [1.29, 1.82) is 0 Å². The first-order valence-electron chi connectivity index (χ1n) is 20.9. The Hall–Kier alpha value is -8.41. The lowest BCUT2D eigenvalue weighted by molar-refractivity contribution is 0.670. The summed E-state index contributed by atoms with van der Waals surface area (Å²) in [6.45, 7) is 0. The zero-order valence-corrected chi connectivity index (χ0v) is 33.5. The maximum absolute atomic E-state index is 6.38. The Bertz CT molecular complexity index is 3590. The summed E-state index contributed by atoms with van der Waals surface area (Å²) in [6.07, 6.45) is 0. The third kappa shape index (κ3) is 6.06. The van der Waals surface area contributed by atoms with Crippen molar-refractivity contribution in [3.63, 3.8) is 0 Å². The summed E-state index contributed by atoms with van der Waals surface area (Å²) in [4.78, 5) is 10.3. The van der Waals surface area contributed by atoms with E-state index in [2.05, 4.69) is 193 Å². The van der Waals surface area contributed by atoms with Crippen molar-refractivity contribution in [1.82, 2.24) is 19.6 Å². The van der Waals surface area contributed by atoms with Crippen molar-refractivity contribution >= 4 is 38.2 Å². The highest BCUT2D eigenvalue weighted by Crippen LogP contribution is 2.42. The molecular formula is C57H36N4O. The van der Waals surface area contributed by atoms with E-state index in [0.29, 0.717) is 5.82 Å². The average molecular weight is 793 g/mol. The van der Waals surface area contributed by atoms with Gasteiger partial charge in [0.2, 0.25) is 0 Å². The van der Waals surface area contributed by atoms with Crippen LogP contribution in [0.15, 0.2) is 223 Å². The predicted octanol–water partition coefficient (Wildman–Crippen LogP) is 14.8. The van der Waals surface area contributed by atoms with E-state index < -0.39 is 0 Å². The molecule has 4 heterocycles. The summed E-state index contributed by atoms with van der Waals surface area (Å²) in [6, 6.07) is 76.1. The Morgan fingerprint density at radius 3 is 1.63 bits per heavy atom. The van der Waals surface area contributed by atoms with Gasteiger partial charge in [-0.15, -0.1) is 0 Å². The molecule has 4 aromatic heterocycles. The standard InChI is InChI=1S/C57H36N4O/c1-4-15-40(16-5-1)51-35-44-21-10-11-22-45(44)55-53(54(60-61(51)55)42-17-6-2-7-18-42)41-33-31-39(32-34-41)50-36-49(58-57(59-50)43-19-8-3-9-20-43)38-29-27-37(28-30-38)46-24-14-25-48-47-23-12-13-26-52(47)62-56(46)48/h1-36H. The predicted molar refractivity (Wildman–Crippen MR) is 254 cm³/mol. The third-order valence-electron chi connectivity index (χ3n) is 11.9. The van der Waals surface area contributed by atoms with E-state index in [-0.39, 0.29) is 0 Å². The second-order valence-electron chi connectivity index (χ2n) is 15.6. The first-order valence-corrected chi connectivity index (χ1v) is 20.9. The molecular weight excluding hydrogens is 757 g/mol. The normalized spacial score (nSPS) is 11.5. The first kappa shape index (κ1) is 35.5. The van der Waals surface area contributed by atoms with Crippen LogP contribution in [0.4, 0.5) is 0 Å². The summed E-state index contributed by atoms with van der Waals surface area (Å²) >= 11 is 0. The fourth-order valence-electron chi connectivity index (χ4n) is 8.84. The molecule has 12 aromatic rings. The molecule has 0 saturated heterocycles. The van der Waals surface area contributed by atoms with Crippen molar-refractivity contribution < 1.29 is 4.42 Å². The number of furan rings is 1. The molecule has 0 saturated carbocycles. The fourth-order valence-corrected chi connectivity index (χ4v) is 8.84. The van der Waals surface area contributed by atoms with Crippen LogP contribution >= 0.6 is 0 Å². The van der Waals surface area contributed by atoms with Gasteiger partial charge in [-0.3, -0.25) is 0 Å². The van der Waals surface area contributed by atoms with Crippen molar-refractivity contribution in [2.24, 2.45) is 0 Å². The molecule has 62 heavy (non-hydrogen) atoms. The number of hydrogen-bond donors (Lipinski definition) is 0. The van der Waals surface area contributed by atoms with Crippen LogP contribution in [0, 0.1) is 0 Å². The van der Waals surface area contributed by atoms with E-state index in [4.69, 9.17) is 19.5 Å². The Morgan fingerprint density at radius 2 is 0.935 bits per heavy atom. The van der Waals surface area contributed by atoms with Crippen LogP contribution in [0.3, 0.4) is 0 Å². The molecule has 0 aliphatic heterocycles. The zero-order chi connectivity index (χ0) is 41.0. The van der Waals surface area contributed by atoms with Gasteiger partial charge < -0.3 is 4.42 Å². The van der Waals surface area contributed by atoms with Crippen LogP contribution in [0.25, 0.3) is 117 Å². The van der Waals surface area contributed by atoms with E-state index in [1.54, 1.807) is 0 Å². The van der Waals surface area contributed by atoms with Crippen molar-refractivity contribution in [3.05, 3.63) is 218 Å². The molecule has 0 amide bonds. The molecule has 290 valence electrons. The molecule has 12 rings (SSSR count). The van der Waals surface area contributed by atoms with Gasteiger partial charge in [-0.2, -0.15) is 5.10 Å². The third-order valence-corrected chi connectivity index (χ3v) is 11.9. The highest BCUT2D eigenvalue weighted by molar-refractivity contribution is 6.10. The van der Waals surface area contributed by atoms with Crippen molar-refractivity contribution in [2.45, 2.75) is 0 Å². The van der Waals surface area contributed by atoms with Crippen LogP contribution in [-0.2, 0) is 0 Å². The summed E-state index contributed by atoms with van der Waals surface area (Å²) in [5.41, 5.74) is 16.0. The van der Waals surface area contributed by atoms with Crippen LogP contribution in [0.5, 0.6) is 0 Å². The number of aromatic nitrogens is 4. The van der Waals surface area contributed by atoms with Gasteiger partial charge in [0.15, 0.2) is 5.82 Å². The Morgan fingerprint density at radius 1 is 0.387 bits per heavy atom. The van der Waals surface area contributed by atoms with Gasteiger partial charge in [0, 0.05) is 55.1 Å². The molecule has 0 radical (unpaired) electrons. The first-order chi connectivity index (χ1) is 30.7. The second kappa shape index (κ2) is 14.7. The summed E-state index contributed by atoms with van der Waals surface area (Å²) in [5, 5.41) is 9.95. The molecule has 0 unspecified atom stereocenters. The Labute approximate surface area is 357 Å². The summed E-state index contributed by atoms with van der Waals surface area (Å²) in [5.74, 6) is 0.673. The monoisotopic (exact) mass is 792 g/mol. The Kier molecular flexibility index (Phi) is 8.42. The molecule has 5 heteroatoms. The van der Waals surface area contributed by atoms with Gasteiger partial charge in [0.25, 0.3) is 0 Å². The van der Waals surface area contributed by atoms with Gasteiger partial charge in [0.1, 0.15) is 16.9 Å². The van der Waals surface area contributed by atoms with Gasteiger partial charge in [0.05, 0.1) is 22.6 Å². The van der Waals surface area contributed by atoms with Gasteiger partial charge >= 0.3 is 0 Å². The number of benzene rings is 8. The van der Waals surface area contributed by atoms with Crippen LogP contribution < -0.4 is 0 Å². The van der Waals surface area contributed by atoms with E-state index in [1.165, 1.54) is 0 Å². The van der Waals surface area contributed by atoms with Crippen LogP contribution in [0.1, 0.15) is 0 Å². The maximum Gasteiger partial charge on any atom is 0.160 e. The fraction of sp³-hybridized carbons (Fsp3) is 0. The highest BCUT2D eigenvalue weighted by Gasteiger charge is 2.22. The lowest BCUT2D eigenvalue weighted by Crippen LogP contribution is -1.96. The lowest BCUT2D eigenvalue weighted by atomic mass is 9.95. The molecule has 0 aliphatic carbocycles. The maximum atomic E-state index is 6.38. The lowest BCUT2D eigenvalue weighted by Gasteiger charge is -2.12. The molecule has 0 bridgehead atoms. The van der Waals surface area contributed by atoms with Gasteiger partial charge in [-0.05, 0) is 34.7 Å². The molecule has 0 spiro atoms. The molecule has 0 N–H and O–H groups in total. The number of pyridine rings is 1. The van der Waals surface area contributed by atoms with E-state index in [9.17, 15) is 0 Å². The van der Waals surface area contributed by atoms with Gasteiger partial charge in [-0.25, -0.2) is 14.5 Å². The average Bonchev–Trinajstić information content (AvgIpc) is 3.95. The molecule has 0 atom stereocenters. The summed E-state index contributed by atoms with van der Waals surface area (Å²) < 4.78 is 8.51. The van der Waals surface area contributed by atoms with Crippen molar-refractivity contribution in [3.8, 4) is 78.7 Å². The van der Waals surface area contributed by atoms with Gasteiger partial charge in [-0.1, -0.05) is 200 Å². The Balaban J connectivity index is 0.983.